The number of fused-ring (bicyclic) bond motifs is 1. The van der Waals surface area contributed by atoms with Gasteiger partial charge in [-0.15, -0.1) is 6.58 Å². The summed E-state index contributed by atoms with van der Waals surface area (Å²) in [5.41, 5.74) is 10.3. The molecule has 1 aliphatic rings. The molecule has 0 saturated carbocycles. The molecule has 1 aliphatic heterocycles. The zero-order chi connectivity index (χ0) is 26.5. The molecule has 2 aromatic heterocycles. The second-order valence-corrected chi connectivity index (χ2v) is 10.1. The average Bonchev–Trinajstić information content (AvgIpc) is 3.22. The van der Waals surface area contributed by atoms with Crippen LogP contribution < -0.4 is 4.90 Å². The molecule has 11 nitrogen and oxygen atoms in total. The zero-order valence-corrected chi connectivity index (χ0v) is 22.2. The van der Waals surface area contributed by atoms with Crippen molar-refractivity contribution in [2.24, 2.45) is 5.11 Å². The summed E-state index contributed by atoms with van der Waals surface area (Å²) < 4.78 is 19.5. The molecule has 1 fully saturated rings. The number of azide groups is 1. The standard InChI is InChI=1S/C25H37N7O4/c1-8-14-35-25(7)10-12-31(13-11-25)22-20(21(23(33)34-9-2)36-24(4,5)6)17(3)28-19-15-18(16-27-30-26)29-32(19)22/h8,15,21H,1,9-14,16H2,2-7H3. The van der Waals surface area contributed by atoms with Crippen LogP contribution in [0.25, 0.3) is 16.1 Å². The molecule has 0 bridgehead atoms. The van der Waals surface area contributed by atoms with Crippen LogP contribution in [-0.2, 0) is 25.5 Å². The molecular formula is C25H37N7O4. The number of carbonyl (C=O) groups excluding carboxylic acids is 1. The first-order chi connectivity index (χ1) is 17.0. The Balaban J connectivity index is 2.17. The number of aryl methyl sites for hydroxylation is 1. The monoisotopic (exact) mass is 499 g/mol. The minimum absolute atomic E-state index is 0.0982. The topological polar surface area (TPSA) is 127 Å². The predicted molar refractivity (Wildman–Crippen MR) is 137 cm³/mol. The Morgan fingerprint density at radius 2 is 2.08 bits per heavy atom. The van der Waals surface area contributed by atoms with Gasteiger partial charge in [0.25, 0.3) is 0 Å². The van der Waals surface area contributed by atoms with Gasteiger partial charge in [-0.25, -0.2) is 9.78 Å². The van der Waals surface area contributed by atoms with E-state index >= 15 is 0 Å². The van der Waals surface area contributed by atoms with Crippen molar-refractivity contribution in [1.29, 1.82) is 0 Å². The van der Waals surface area contributed by atoms with Gasteiger partial charge in [0.1, 0.15) is 5.82 Å². The Bertz CT molecular complexity index is 1140. The Morgan fingerprint density at radius 1 is 1.39 bits per heavy atom. The molecule has 3 rings (SSSR count). The van der Waals surface area contributed by atoms with E-state index in [0.717, 1.165) is 18.7 Å². The van der Waals surface area contributed by atoms with Crippen LogP contribution >= 0.6 is 0 Å². The van der Waals surface area contributed by atoms with Crippen LogP contribution in [0.2, 0.25) is 0 Å². The van der Waals surface area contributed by atoms with Crippen LogP contribution in [0.5, 0.6) is 0 Å². The third-order valence-electron chi connectivity index (χ3n) is 6.06. The lowest BCUT2D eigenvalue weighted by molar-refractivity contribution is -0.166. The van der Waals surface area contributed by atoms with Gasteiger partial charge in [0, 0.05) is 29.8 Å². The second kappa shape index (κ2) is 11.3. The number of aromatic nitrogens is 3. The Kier molecular flexibility index (Phi) is 8.60. The minimum Gasteiger partial charge on any atom is -0.464 e. The molecule has 1 unspecified atom stereocenters. The van der Waals surface area contributed by atoms with Crippen LogP contribution in [0.1, 0.15) is 70.5 Å². The Hall–Kier alpha value is -3.14. The van der Waals surface area contributed by atoms with E-state index < -0.39 is 17.7 Å². The largest absolute Gasteiger partial charge is 0.464 e. The van der Waals surface area contributed by atoms with Crippen molar-refractivity contribution in [3.8, 4) is 0 Å². The number of anilines is 1. The van der Waals surface area contributed by atoms with Crippen LogP contribution in [-0.4, -0.2) is 58.1 Å². The van der Waals surface area contributed by atoms with Gasteiger partial charge in [0.2, 0.25) is 0 Å². The van der Waals surface area contributed by atoms with Crippen molar-refractivity contribution < 1.29 is 19.0 Å². The highest BCUT2D eigenvalue weighted by molar-refractivity contribution is 5.80. The first-order valence-electron chi connectivity index (χ1n) is 12.3. The predicted octanol–water partition coefficient (Wildman–Crippen LogP) is 4.83. The molecule has 2 aromatic rings. The number of rotatable bonds is 10. The van der Waals surface area contributed by atoms with Gasteiger partial charge < -0.3 is 19.1 Å². The van der Waals surface area contributed by atoms with Gasteiger partial charge in [-0.1, -0.05) is 11.2 Å². The van der Waals surface area contributed by atoms with Crippen LogP contribution in [0.3, 0.4) is 0 Å². The Labute approximate surface area is 212 Å². The average molecular weight is 500 g/mol. The molecule has 0 amide bonds. The van der Waals surface area contributed by atoms with E-state index in [0.29, 0.717) is 42.3 Å². The van der Waals surface area contributed by atoms with E-state index in [-0.39, 0.29) is 18.8 Å². The van der Waals surface area contributed by atoms with E-state index in [1.54, 1.807) is 23.6 Å². The van der Waals surface area contributed by atoms with Crippen LogP contribution in [0, 0.1) is 6.92 Å². The molecule has 3 heterocycles. The number of nitrogens with zero attached hydrogens (tertiary/aromatic N) is 7. The fourth-order valence-corrected chi connectivity index (χ4v) is 4.35. The summed E-state index contributed by atoms with van der Waals surface area (Å²) in [6.07, 6.45) is 2.32. The second-order valence-electron chi connectivity index (χ2n) is 10.1. The summed E-state index contributed by atoms with van der Waals surface area (Å²) in [4.78, 5) is 23.0. The number of hydrogen-bond acceptors (Lipinski definition) is 8. The van der Waals surface area contributed by atoms with Crippen molar-refractivity contribution >= 4 is 17.4 Å². The molecule has 0 aliphatic carbocycles. The van der Waals surface area contributed by atoms with Crippen molar-refractivity contribution in [2.75, 3.05) is 31.2 Å². The highest BCUT2D eigenvalue weighted by Gasteiger charge is 2.38. The van der Waals surface area contributed by atoms with Gasteiger partial charge in [-0.3, -0.25) is 0 Å². The fraction of sp³-hybridized carbons (Fsp3) is 0.640. The number of hydrogen-bond donors (Lipinski definition) is 0. The normalized spacial score (nSPS) is 16.4. The van der Waals surface area contributed by atoms with Gasteiger partial charge in [-0.2, -0.15) is 9.61 Å². The number of esters is 1. The summed E-state index contributed by atoms with van der Waals surface area (Å²) >= 11 is 0. The first kappa shape index (κ1) is 27.4. The molecular weight excluding hydrogens is 462 g/mol. The summed E-state index contributed by atoms with van der Waals surface area (Å²) in [5.74, 6) is 0.244. The van der Waals surface area contributed by atoms with E-state index in [1.807, 2.05) is 27.7 Å². The lowest BCUT2D eigenvalue weighted by Crippen LogP contribution is -2.45. The molecule has 0 radical (unpaired) electrons. The maximum Gasteiger partial charge on any atom is 0.340 e. The van der Waals surface area contributed by atoms with Gasteiger partial charge in [0.05, 0.1) is 42.2 Å². The third-order valence-corrected chi connectivity index (χ3v) is 6.06. The summed E-state index contributed by atoms with van der Waals surface area (Å²) in [6.45, 7) is 17.4. The summed E-state index contributed by atoms with van der Waals surface area (Å²) in [5, 5.41) is 8.34. The molecule has 11 heteroatoms. The molecule has 196 valence electrons. The van der Waals surface area contributed by atoms with Crippen molar-refractivity contribution in [2.45, 2.75) is 78.2 Å². The lowest BCUT2D eigenvalue weighted by atomic mass is 9.92. The smallest absolute Gasteiger partial charge is 0.340 e. The van der Waals surface area contributed by atoms with Gasteiger partial charge >= 0.3 is 5.97 Å². The SMILES string of the molecule is C=CCOC1(C)CCN(c2c(C(OC(C)(C)C)C(=O)OCC)c(C)nc3cc(CN=[N+]=[N-])nn23)CC1. The van der Waals surface area contributed by atoms with Crippen LogP contribution in [0.15, 0.2) is 23.8 Å². The molecule has 1 saturated heterocycles. The molecule has 0 aromatic carbocycles. The maximum atomic E-state index is 13.2. The number of ether oxygens (including phenoxy) is 3. The van der Waals surface area contributed by atoms with Crippen LogP contribution in [0.4, 0.5) is 5.82 Å². The first-order valence-corrected chi connectivity index (χ1v) is 12.3. The van der Waals surface area contributed by atoms with Gasteiger partial charge in [0.15, 0.2) is 11.8 Å². The van der Waals surface area contributed by atoms with Gasteiger partial charge in [-0.05, 0) is 59.9 Å². The third kappa shape index (κ3) is 6.34. The van der Waals surface area contributed by atoms with Crippen molar-refractivity contribution in [1.82, 2.24) is 14.6 Å². The summed E-state index contributed by atoms with van der Waals surface area (Å²) in [7, 11) is 0. The Morgan fingerprint density at radius 3 is 2.67 bits per heavy atom. The molecule has 1 atom stereocenters. The quantitative estimate of drug-likeness (QED) is 0.151. The minimum atomic E-state index is -0.994. The number of carbonyl (C=O) groups is 1. The van der Waals surface area contributed by atoms with E-state index in [4.69, 9.17) is 29.8 Å². The zero-order valence-electron chi connectivity index (χ0n) is 22.2. The van der Waals surface area contributed by atoms with E-state index in [1.165, 1.54) is 0 Å². The van der Waals surface area contributed by atoms with E-state index in [2.05, 4.69) is 28.4 Å². The molecule has 0 N–H and O–H groups in total. The highest BCUT2D eigenvalue weighted by Crippen LogP contribution is 2.38. The molecule has 0 spiro atoms. The van der Waals surface area contributed by atoms with E-state index in [9.17, 15) is 4.79 Å². The highest BCUT2D eigenvalue weighted by atomic mass is 16.6. The fourth-order valence-electron chi connectivity index (χ4n) is 4.35. The van der Waals surface area contributed by atoms with Crippen molar-refractivity contribution in [3.63, 3.8) is 0 Å². The number of piperidine rings is 1. The lowest BCUT2D eigenvalue weighted by Gasteiger charge is -2.41. The molecule has 36 heavy (non-hydrogen) atoms. The maximum absolute atomic E-state index is 13.2. The van der Waals surface area contributed by atoms with Crippen molar-refractivity contribution in [3.05, 3.63) is 46.1 Å². The summed E-state index contributed by atoms with van der Waals surface area (Å²) in [6, 6.07) is 1.79.